The van der Waals surface area contributed by atoms with E-state index < -0.39 is 0 Å². The number of hydrogen-bond donors (Lipinski definition) is 0. The third-order valence-electron chi connectivity index (χ3n) is 2.91. The van der Waals surface area contributed by atoms with Gasteiger partial charge in [0, 0.05) is 10.3 Å². The van der Waals surface area contributed by atoms with E-state index in [4.69, 9.17) is 11.6 Å². The van der Waals surface area contributed by atoms with E-state index in [2.05, 4.69) is 28.2 Å². The van der Waals surface area contributed by atoms with Crippen LogP contribution < -0.4 is 0 Å². The van der Waals surface area contributed by atoms with E-state index in [-0.39, 0.29) is 0 Å². The molecule has 20 heavy (non-hydrogen) atoms. The van der Waals surface area contributed by atoms with Gasteiger partial charge in [-0.05, 0) is 25.7 Å². The van der Waals surface area contributed by atoms with Crippen LogP contribution in [0.25, 0.3) is 20.7 Å². The maximum absolute atomic E-state index is 6.28. The first-order valence-electron chi connectivity index (χ1n) is 6.29. The molecule has 0 fully saturated rings. The number of aromatic nitrogens is 2. The fourth-order valence-corrected chi connectivity index (χ4v) is 3.38. The summed E-state index contributed by atoms with van der Waals surface area (Å²) in [6.45, 7) is 0.689. The molecule has 0 atom stereocenters. The highest BCUT2D eigenvalue weighted by Crippen LogP contribution is 2.35. The molecule has 0 radical (unpaired) electrons. The molecule has 102 valence electrons. The molecule has 0 amide bonds. The molecular formula is C15H14ClN3S. The van der Waals surface area contributed by atoms with Crippen LogP contribution in [-0.2, 0) is 6.54 Å². The smallest absolute Gasteiger partial charge is 0.145 e. The molecule has 5 heteroatoms. The van der Waals surface area contributed by atoms with E-state index in [0.717, 1.165) is 16.0 Å². The highest BCUT2D eigenvalue weighted by molar-refractivity contribution is 7.21. The Morgan fingerprint density at radius 3 is 2.60 bits per heavy atom. The molecule has 2 heterocycles. The van der Waals surface area contributed by atoms with Crippen molar-refractivity contribution in [2.75, 3.05) is 14.1 Å². The van der Waals surface area contributed by atoms with E-state index >= 15 is 0 Å². The molecule has 0 bridgehead atoms. The highest BCUT2D eigenvalue weighted by atomic mass is 35.5. The Balaban J connectivity index is 2.09. The zero-order valence-electron chi connectivity index (χ0n) is 11.3. The standard InChI is InChI=1S/C15H14ClN3S/c1-19(2)9-13-17-14(16)11-8-12(20-15(11)18-13)10-6-4-3-5-7-10/h3-8H,9H2,1-2H3. The van der Waals surface area contributed by atoms with E-state index in [0.29, 0.717) is 11.7 Å². The summed E-state index contributed by atoms with van der Waals surface area (Å²) in [6.07, 6.45) is 0. The summed E-state index contributed by atoms with van der Waals surface area (Å²) in [7, 11) is 3.98. The Kier molecular flexibility index (Phi) is 3.70. The Labute approximate surface area is 126 Å². The summed E-state index contributed by atoms with van der Waals surface area (Å²) in [5.74, 6) is 0.758. The van der Waals surface area contributed by atoms with E-state index in [1.54, 1.807) is 11.3 Å². The monoisotopic (exact) mass is 303 g/mol. The van der Waals surface area contributed by atoms with Crippen LogP contribution in [-0.4, -0.2) is 29.0 Å². The van der Waals surface area contributed by atoms with Crippen molar-refractivity contribution in [3.63, 3.8) is 0 Å². The van der Waals surface area contributed by atoms with Gasteiger partial charge in [0.05, 0.1) is 6.54 Å². The molecule has 3 nitrogen and oxygen atoms in total. The lowest BCUT2D eigenvalue weighted by Crippen LogP contribution is -2.13. The molecule has 0 aliphatic rings. The molecule has 0 spiro atoms. The number of benzene rings is 1. The second kappa shape index (κ2) is 5.48. The number of hydrogen-bond acceptors (Lipinski definition) is 4. The van der Waals surface area contributed by atoms with Crippen LogP contribution in [0.15, 0.2) is 36.4 Å². The van der Waals surface area contributed by atoms with Gasteiger partial charge in [-0.15, -0.1) is 11.3 Å². The third kappa shape index (κ3) is 2.68. The van der Waals surface area contributed by atoms with Gasteiger partial charge in [-0.1, -0.05) is 41.9 Å². The molecule has 0 N–H and O–H groups in total. The highest BCUT2D eigenvalue weighted by Gasteiger charge is 2.11. The van der Waals surface area contributed by atoms with Gasteiger partial charge in [0.2, 0.25) is 0 Å². The van der Waals surface area contributed by atoms with E-state index in [1.807, 2.05) is 37.2 Å². The first-order valence-corrected chi connectivity index (χ1v) is 7.49. The second-order valence-corrected chi connectivity index (χ2v) is 6.25. The third-order valence-corrected chi connectivity index (χ3v) is 4.27. The average Bonchev–Trinajstić information content (AvgIpc) is 2.83. The van der Waals surface area contributed by atoms with Crippen molar-refractivity contribution in [3.05, 3.63) is 47.4 Å². The van der Waals surface area contributed by atoms with Crippen LogP contribution in [0.4, 0.5) is 0 Å². The molecule has 1 aromatic carbocycles. The van der Waals surface area contributed by atoms with Gasteiger partial charge in [-0.25, -0.2) is 9.97 Å². The van der Waals surface area contributed by atoms with Gasteiger partial charge in [-0.3, -0.25) is 0 Å². The summed E-state index contributed by atoms with van der Waals surface area (Å²) in [5, 5.41) is 1.46. The molecule has 0 saturated heterocycles. The van der Waals surface area contributed by atoms with Crippen molar-refractivity contribution in [2.24, 2.45) is 0 Å². The molecule has 0 aliphatic heterocycles. The molecule has 3 aromatic rings. The van der Waals surface area contributed by atoms with Gasteiger partial charge in [0.1, 0.15) is 15.8 Å². The Bertz CT molecular complexity index is 737. The Morgan fingerprint density at radius 2 is 1.90 bits per heavy atom. The zero-order chi connectivity index (χ0) is 14.1. The fourth-order valence-electron chi connectivity index (χ4n) is 2.03. The number of nitrogens with zero attached hydrogens (tertiary/aromatic N) is 3. The minimum absolute atomic E-state index is 0.533. The maximum atomic E-state index is 6.28. The summed E-state index contributed by atoms with van der Waals surface area (Å²) >= 11 is 7.94. The summed E-state index contributed by atoms with van der Waals surface area (Å²) in [6, 6.07) is 12.3. The van der Waals surface area contributed by atoms with Gasteiger partial charge >= 0.3 is 0 Å². The summed E-state index contributed by atoms with van der Waals surface area (Å²) < 4.78 is 0. The lowest BCUT2D eigenvalue weighted by atomic mass is 10.2. The van der Waals surface area contributed by atoms with Crippen molar-refractivity contribution >= 4 is 33.2 Å². The molecule has 0 saturated carbocycles. The topological polar surface area (TPSA) is 29.0 Å². The predicted octanol–water partition coefficient (Wildman–Crippen LogP) is 4.07. The minimum Gasteiger partial charge on any atom is -0.302 e. The second-order valence-electron chi connectivity index (χ2n) is 4.86. The summed E-state index contributed by atoms with van der Waals surface area (Å²) in [5.41, 5.74) is 1.18. The number of halogens is 1. The molecule has 0 aliphatic carbocycles. The lowest BCUT2D eigenvalue weighted by Gasteiger charge is -2.07. The number of thiophene rings is 1. The van der Waals surface area contributed by atoms with Crippen LogP contribution in [0.5, 0.6) is 0 Å². The lowest BCUT2D eigenvalue weighted by molar-refractivity contribution is 0.391. The van der Waals surface area contributed by atoms with Crippen molar-refractivity contribution in [2.45, 2.75) is 6.54 Å². The van der Waals surface area contributed by atoms with Crippen LogP contribution >= 0.6 is 22.9 Å². The molecule has 2 aromatic heterocycles. The molecule has 3 rings (SSSR count). The quantitative estimate of drug-likeness (QED) is 0.683. The van der Waals surface area contributed by atoms with Gasteiger partial charge in [-0.2, -0.15) is 0 Å². The molecular weight excluding hydrogens is 290 g/mol. The molecule has 0 unspecified atom stereocenters. The van der Waals surface area contributed by atoms with Crippen molar-refractivity contribution in [1.82, 2.24) is 14.9 Å². The Morgan fingerprint density at radius 1 is 1.15 bits per heavy atom. The summed E-state index contributed by atoms with van der Waals surface area (Å²) in [4.78, 5) is 13.1. The normalized spacial score (nSPS) is 11.4. The van der Waals surface area contributed by atoms with Gasteiger partial charge < -0.3 is 4.90 Å². The number of rotatable bonds is 3. The minimum atomic E-state index is 0.533. The SMILES string of the molecule is CN(C)Cc1nc(Cl)c2cc(-c3ccccc3)sc2n1. The number of fused-ring (bicyclic) bond motifs is 1. The zero-order valence-corrected chi connectivity index (χ0v) is 12.9. The first-order chi connectivity index (χ1) is 9.63. The van der Waals surface area contributed by atoms with Gasteiger partial charge in [0.25, 0.3) is 0 Å². The first kappa shape index (κ1) is 13.5. The maximum Gasteiger partial charge on any atom is 0.145 e. The van der Waals surface area contributed by atoms with Crippen molar-refractivity contribution < 1.29 is 0 Å². The van der Waals surface area contributed by atoms with E-state index in [1.165, 1.54) is 10.4 Å². The van der Waals surface area contributed by atoms with E-state index in [9.17, 15) is 0 Å². The van der Waals surface area contributed by atoms with Crippen molar-refractivity contribution in [1.29, 1.82) is 0 Å². The van der Waals surface area contributed by atoms with Crippen molar-refractivity contribution in [3.8, 4) is 10.4 Å². The fraction of sp³-hybridized carbons (Fsp3) is 0.200. The largest absolute Gasteiger partial charge is 0.302 e. The van der Waals surface area contributed by atoms with Gasteiger partial charge in [0.15, 0.2) is 0 Å². The van der Waals surface area contributed by atoms with Crippen LogP contribution in [0.2, 0.25) is 5.15 Å². The van der Waals surface area contributed by atoms with Crippen LogP contribution in [0.3, 0.4) is 0 Å². The Hall–Kier alpha value is -1.49. The van der Waals surface area contributed by atoms with Crippen LogP contribution in [0.1, 0.15) is 5.82 Å². The van der Waals surface area contributed by atoms with Crippen LogP contribution in [0, 0.1) is 0 Å². The predicted molar refractivity (Wildman–Crippen MR) is 85.3 cm³/mol. The average molecular weight is 304 g/mol.